The van der Waals surface area contributed by atoms with Gasteiger partial charge in [-0.2, -0.15) is 4.98 Å². The van der Waals surface area contributed by atoms with Gasteiger partial charge in [-0.3, -0.25) is 14.9 Å². The molecule has 3 rings (SSSR count). The SMILES string of the molecule is O=C(CCc1nc(-c2ccccc2F)no1)Nc1cccc([N+](=O)[O-])c1. The molecule has 0 radical (unpaired) electrons. The highest BCUT2D eigenvalue weighted by Gasteiger charge is 2.14. The first-order chi connectivity index (χ1) is 12.5. The van der Waals surface area contributed by atoms with E-state index in [4.69, 9.17) is 4.52 Å². The van der Waals surface area contributed by atoms with Crippen LogP contribution in [0.25, 0.3) is 11.4 Å². The summed E-state index contributed by atoms with van der Waals surface area (Å²) in [5, 5.41) is 17.0. The summed E-state index contributed by atoms with van der Waals surface area (Å²) < 4.78 is 18.7. The molecule has 0 aliphatic heterocycles. The molecule has 1 amide bonds. The Balaban J connectivity index is 1.59. The van der Waals surface area contributed by atoms with Crippen molar-refractivity contribution in [2.45, 2.75) is 12.8 Å². The highest BCUT2D eigenvalue weighted by atomic mass is 19.1. The van der Waals surface area contributed by atoms with Crippen LogP contribution >= 0.6 is 0 Å². The Labute approximate surface area is 146 Å². The molecule has 1 heterocycles. The number of amides is 1. The summed E-state index contributed by atoms with van der Waals surface area (Å²) in [5.74, 6) is -0.533. The monoisotopic (exact) mass is 356 g/mol. The Bertz CT molecular complexity index is 957. The molecule has 0 aliphatic rings. The van der Waals surface area contributed by atoms with Gasteiger partial charge in [-0.1, -0.05) is 23.4 Å². The van der Waals surface area contributed by atoms with Crippen LogP contribution in [-0.2, 0) is 11.2 Å². The van der Waals surface area contributed by atoms with Gasteiger partial charge in [-0.05, 0) is 18.2 Å². The van der Waals surface area contributed by atoms with Gasteiger partial charge in [-0.25, -0.2) is 4.39 Å². The van der Waals surface area contributed by atoms with Gasteiger partial charge in [0.25, 0.3) is 5.69 Å². The van der Waals surface area contributed by atoms with Crippen LogP contribution in [0.3, 0.4) is 0 Å². The van der Waals surface area contributed by atoms with Gasteiger partial charge in [0.2, 0.25) is 17.6 Å². The van der Waals surface area contributed by atoms with Gasteiger partial charge < -0.3 is 9.84 Å². The standard InChI is InChI=1S/C17H13FN4O4/c18-14-7-2-1-6-13(14)17-20-16(26-21-17)9-8-15(23)19-11-4-3-5-12(10-11)22(24)25/h1-7,10H,8-9H2,(H,19,23). The second-order valence-corrected chi connectivity index (χ2v) is 5.35. The largest absolute Gasteiger partial charge is 0.339 e. The number of carbonyl (C=O) groups excluding carboxylic acids is 1. The van der Waals surface area contributed by atoms with Gasteiger partial charge in [-0.15, -0.1) is 0 Å². The molecular weight excluding hydrogens is 343 g/mol. The predicted molar refractivity (Wildman–Crippen MR) is 89.7 cm³/mol. The number of aromatic nitrogens is 2. The average Bonchev–Trinajstić information content (AvgIpc) is 3.09. The molecule has 0 fully saturated rings. The summed E-state index contributed by atoms with van der Waals surface area (Å²) in [6.07, 6.45) is 0.184. The van der Waals surface area contributed by atoms with Crippen molar-refractivity contribution < 1.29 is 18.6 Å². The van der Waals surface area contributed by atoms with Crippen molar-refractivity contribution in [2.75, 3.05) is 5.32 Å². The number of carbonyl (C=O) groups is 1. The normalized spacial score (nSPS) is 10.5. The van der Waals surface area contributed by atoms with Crippen LogP contribution < -0.4 is 5.32 Å². The fourth-order valence-electron chi connectivity index (χ4n) is 2.25. The Kier molecular flexibility index (Phi) is 4.97. The number of nitro groups is 1. The number of aryl methyl sites for hydroxylation is 1. The van der Waals surface area contributed by atoms with E-state index in [0.29, 0.717) is 5.69 Å². The van der Waals surface area contributed by atoms with Crippen molar-refractivity contribution in [3.05, 3.63) is 70.4 Å². The van der Waals surface area contributed by atoms with Crippen LogP contribution in [0.2, 0.25) is 0 Å². The smallest absolute Gasteiger partial charge is 0.271 e. The maximum Gasteiger partial charge on any atom is 0.271 e. The van der Waals surface area contributed by atoms with Crippen LogP contribution in [-0.4, -0.2) is 21.0 Å². The third kappa shape index (κ3) is 4.07. The first kappa shape index (κ1) is 17.2. The quantitative estimate of drug-likeness (QED) is 0.535. The molecule has 0 spiro atoms. The number of hydrogen-bond acceptors (Lipinski definition) is 6. The van der Waals surface area contributed by atoms with Gasteiger partial charge in [0.1, 0.15) is 5.82 Å². The molecular formula is C17H13FN4O4. The number of rotatable bonds is 6. The third-order valence-corrected chi connectivity index (χ3v) is 3.49. The summed E-state index contributed by atoms with van der Waals surface area (Å²) in [6, 6.07) is 11.6. The van der Waals surface area contributed by atoms with Crippen molar-refractivity contribution in [3.63, 3.8) is 0 Å². The average molecular weight is 356 g/mol. The van der Waals surface area contributed by atoms with Crippen LogP contribution in [0.1, 0.15) is 12.3 Å². The third-order valence-electron chi connectivity index (χ3n) is 3.49. The minimum absolute atomic E-state index is 0.0294. The maximum absolute atomic E-state index is 13.7. The fraction of sp³-hybridized carbons (Fsp3) is 0.118. The lowest BCUT2D eigenvalue weighted by molar-refractivity contribution is -0.384. The molecule has 8 nitrogen and oxygen atoms in total. The molecule has 132 valence electrons. The van der Waals surface area contributed by atoms with E-state index in [1.807, 2.05) is 0 Å². The summed E-state index contributed by atoms with van der Waals surface area (Å²) >= 11 is 0. The summed E-state index contributed by atoms with van der Waals surface area (Å²) in [7, 11) is 0. The Morgan fingerprint density at radius 3 is 2.81 bits per heavy atom. The number of halogens is 1. The topological polar surface area (TPSA) is 111 Å². The molecule has 2 aromatic carbocycles. The zero-order valence-corrected chi connectivity index (χ0v) is 13.4. The van der Waals surface area contributed by atoms with E-state index in [1.165, 1.54) is 30.3 Å². The maximum atomic E-state index is 13.7. The van der Waals surface area contributed by atoms with Gasteiger partial charge in [0.15, 0.2) is 0 Å². The van der Waals surface area contributed by atoms with E-state index in [-0.39, 0.29) is 41.7 Å². The first-order valence-corrected chi connectivity index (χ1v) is 7.65. The number of nitrogens with one attached hydrogen (secondary N) is 1. The second-order valence-electron chi connectivity index (χ2n) is 5.35. The molecule has 0 saturated carbocycles. The lowest BCUT2D eigenvalue weighted by Crippen LogP contribution is -2.12. The van der Waals surface area contributed by atoms with Crippen molar-refractivity contribution in [2.24, 2.45) is 0 Å². The lowest BCUT2D eigenvalue weighted by atomic mass is 10.2. The molecule has 0 atom stereocenters. The van der Waals surface area contributed by atoms with Crippen LogP contribution in [0.4, 0.5) is 15.8 Å². The van der Waals surface area contributed by atoms with Gasteiger partial charge in [0.05, 0.1) is 10.5 Å². The van der Waals surface area contributed by atoms with E-state index < -0.39 is 10.7 Å². The van der Waals surface area contributed by atoms with Gasteiger partial charge in [0, 0.05) is 30.7 Å². The summed E-state index contributed by atoms with van der Waals surface area (Å²) in [5.41, 5.74) is 0.416. The van der Waals surface area contributed by atoms with Gasteiger partial charge >= 0.3 is 0 Å². The number of benzene rings is 2. The molecule has 1 N–H and O–H groups in total. The van der Waals surface area contributed by atoms with Crippen molar-refractivity contribution in [1.29, 1.82) is 0 Å². The first-order valence-electron chi connectivity index (χ1n) is 7.65. The predicted octanol–water partition coefficient (Wildman–Crippen LogP) is 3.36. The molecule has 0 unspecified atom stereocenters. The van der Waals surface area contributed by atoms with E-state index in [0.717, 1.165) is 0 Å². The zero-order valence-electron chi connectivity index (χ0n) is 13.4. The molecule has 3 aromatic rings. The van der Waals surface area contributed by atoms with Crippen LogP contribution in [0.15, 0.2) is 53.1 Å². The van der Waals surface area contributed by atoms with Crippen LogP contribution in [0.5, 0.6) is 0 Å². The molecule has 26 heavy (non-hydrogen) atoms. The van der Waals surface area contributed by atoms with Crippen LogP contribution in [0, 0.1) is 15.9 Å². The summed E-state index contributed by atoms with van der Waals surface area (Å²) in [6.45, 7) is 0. The molecule has 0 aliphatic carbocycles. The van der Waals surface area contributed by atoms with Crippen molar-refractivity contribution in [1.82, 2.24) is 10.1 Å². The number of non-ortho nitro benzene ring substituents is 1. The Hall–Kier alpha value is -3.62. The number of anilines is 1. The Morgan fingerprint density at radius 1 is 1.23 bits per heavy atom. The number of nitro benzene ring substituents is 1. The minimum atomic E-state index is -0.543. The zero-order chi connectivity index (χ0) is 18.5. The molecule has 1 aromatic heterocycles. The Morgan fingerprint density at radius 2 is 2.04 bits per heavy atom. The highest BCUT2D eigenvalue weighted by molar-refractivity contribution is 5.91. The fourth-order valence-corrected chi connectivity index (χ4v) is 2.25. The van der Waals surface area contributed by atoms with E-state index in [1.54, 1.807) is 18.2 Å². The lowest BCUT2D eigenvalue weighted by Gasteiger charge is -2.03. The van der Waals surface area contributed by atoms with Crippen molar-refractivity contribution in [3.8, 4) is 11.4 Å². The minimum Gasteiger partial charge on any atom is -0.339 e. The number of hydrogen-bond donors (Lipinski definition) is 1. The molecule has 0 bridgehead atoms. The van der Waals surface area contributed by atoms with E-state index >= 15 is 0 Å². The van der Waals surface area contributed by atoms with E-state index in [2.05, 4.69) is 15.5 Å². The van der Waals surface area contributed by atoms with Crippen molar-refractivity contribution >= 4 is 17.3 Å². The van der Waals surface area contributed by atoms with E-state index in [9.17, 15) is 19.3 Å². The molecule has 0 saturated heterocycles. The number of nitrogens with zero attached hydrogens (tertiary/aromatic N) is 3. The summed E-state index contributed by atoms with van der Waals surface area (Å²) in [4.78, 5) is 26.2. The molecule has 9 heteroatoms. The second kappa shape index (κ2) is 7.51. The highest BCUT2D eigenvalue weighted by Crippen LogP contribution is 2.20.